The molecule has 28 heavy (non-hydrogen) atoms. The van der Waals surface area contributed by atoms with Gasteiger partial charge in [-0.05, 0) is 68.4 Å². The van der Waals surface area contributed by atoms with Crippen LogP contribution in [0.3, 0.4) is 0 Å². The SMILES string of the molecule is [CH]1C=C(OCCN2CCCCC2)C=CC1Oc1ccc(C2=NC3CC3O2)cc1. The minimum absolute atomic E-state index is 0.0759. The number of nitrogens with zero attached hydrogens (tertiary/aromatic N) is 2. The summed E-state index contributed by atoms with van der Waals surface area (Å²) < 4.78 is 17.7. The first kappa shape index (κ1) is 17.8. The second-order valence-corrected chi connectivity index (χ2v) is 7.87. The van der Waals surface area contributed by atoms with Crippen LogP contribution < -0.4 is 4.74 Å². The van der Waals surface area contributed by atoms with Gasteiger partial charge in [-0.1, -0.05) is 6.42 Å². The van der Waals surface area contributed by atoms with Gasteiger partial charge >= 0.3 is 0 Å². The molecule has 2 heterocycles. The van der Waals surface area contributed by atoms with Crippen molar-refractivity contribution in [3.8, 4) is 5.75 Å². The van der Waals surface area contributed by atoms with Gasteiger partial charge in [0.15, 0.2) is 0 Å². The average Bonchev–Trinajstić information content (AvgIpc) is 3.36. The highest BCUT2D eigenvalue weighted by Gasteiger charge is 2.45. The number of allylic oxidation sites excluding steroid dienone is 1. The second-order valence-electron chi connectivity index (χ2n) is 7.87. The van der Waals surface area contributed by atoms with E-state index >= 15 is 0 Å². The Labute approximate surface area is 166 Å². The number of hydrogen-bond acceptors (Lipinski definition) is 5. The highest BCUT2D eigenvalue weighted by molar-refractivity contribution is 5.96. The third-order valence-corrected chi connectivity index (χ3v) is 5.64. The lowest BCUT2D eigenvalue weighted by atomic mass is 10.1. The summed E-state index contributed by atoms with van der Waals surface area (Å²) in [6, 6.07) is 8.37. The highest BCUT2D eigenvalue weighted by Crippen LogP contribution is 2.36. The third-order valence-electron chi connectivity index (χ3n) is 5.64. The van der Waals surface area contributed by atoms with Crippen LogP contribution in [-0.2, 0) is 9.47 Å². The van der Waals surface area contributed by atoms with E-state index in [9.17, 15) is 0 Å². The summed E-state index contributed by atoms with van der Waals surface area (Å²) in [5.74, 6) is 2.51. The van der Waals surface area contributed by atoms with Crippen LogP contribution in [0.2, 0.25) is 0 Å². The van der Waals surface area contributed by atoms with Crippen LogP contribution in [0.15, 0.2) is 53.2 Å². The fourth-order valence-corrected chi connectivity index (χ4v) is 3.87. The van der Waals surface area contributed by atoms with Crippen molar-refractivity contribution in [1.29, 1.82) is 0 Å². The summed E-state index contributed by atoms with van der Waals surface area (Å²) in [5.41, 5.74) is 1.02. The Bertz CT molecular complexity index is 778. The van der Waals surface area contributed by atoms with Crippen LogP contribution in [0.4, 0.5) is 0 Å². The van der Waals surface area contributed by atoms with Crippen molar-refractivity contribution >= 4 is 5.90 Å². The summed E-state index contributed by atoms with van der Waals surface area (Å²) in [5, 5.41) is 0. The average molecular weight is 379 g/mol. The predicted octanol–water partition coefficient (Wildman–Crippen LogP) is 3.51. The molecule has 1 aromatic rings. The lowest BCUT2D eigenvalue weighted by molar-refractivity contribution is 0.147. The van der Waals surface area contributed by atoms with E-state index in [-0.39, 0.29) is 6.10 Å². The summed E-state index contributed by atoms with van der Waals surface area (Å²) in [6.07, 6.45) is 13.4. The molecule has 2 aliphatic carbocycles. The number of likely N-dealkylation sites (tertiary alicyclic amines) is 1. The fraction of sp³-hybridized carbons (Fsp3) is 0.478. The molecule has 5 heteroatoms. The summed E-state index contributed by atoms with van der Waals surface area (Å²) in [7, 11) is 0. The molecule has 0 bridgehead atoms. The van der Waals surface area contributed by atoms with Crippen molar-refractivity contribution in [3.63, 3.8) is 0 Å². The van der Waals surface area contributed by atoms with Crippen molar-refractivity contribution in [3.05, 3.63) is 60.2 Å². The van der Waals surface area contributed by atoms with Crippen LogP contribution >= 0.6 is 0 Å². The fourth-order valence-electron chi connectivity index (χ4n) is 3.87. The van der Waals surface area contributed by atoms with E-state index in [1.165, 1.54) is 32.4 Å². The summed E-state index contributed by atoms with van der Waals surface area (Å²) >= 11 is 0. The minimum atomic E-state index is -0.0759. The maximum Gasteiger partial charge on any atom is 0.216 e. The molecule has 1 saturated heterocycles. The van der Waals surface area contributed by atoms with Crippen molar-refractivity contribution in [2.24, 2.45) is 4.99 Å². The lowest BCUT2D eigenvalue weighted by Gasteiger charge is -2.26. The zero-order chi connectivity index (χ0) is 18.8. The maximum atomic E-state index is 6.02. The molecule has 3 atom stereocenters. The molecule has 5 nitrogen and oxygen atoms in total. The zero-order valence-corrected chi connectivity index (χ0v) is 16.1. The van der Waals surface area contributed by atoms with Gasteiger partial charge in [-0.25, -0.2) is 4.99 Å². The number of benzene rings is 1. The molecular formula is C23H27N2O3. The molecular weight excluding hydrogens is 352 g/mol. The molecule has 4 aliphatic rings. The highest BCUT2D eigenvalue weighted by atomic mass is 16.5. The lowest BCUT2D eigenvalue weighted by Crippen LogP contribution is -2.32. The van der Waals surface area contributed by atoms with Gasteiger partial charge < -0.3 is 14.2 Å². The second kappa shape index (κ2) is 8.00. The Kier molecular flexibility index (Phi) is 5.08. The van der Waals surface area contributed by atoms with Gasteiger partial charge in [0.05, 0.1) is 6.04 Å². The van der Waals surface area contributed by atoms with Gasteiger partial charge in [0.2, 0.25) is 5.90 Å². The van der Waals surface area contributed by atoms with Crippen molar-refractivity contribution in [2.75, 3.05) is 26.2 Å². The van der Waals surface area contributed by atoms with Crippen LogP contribution in [0.5, 0.6) is 5.75 Å². The standard InChI is InChI=1S/C23H27N2O3/c1-2-12-25(13-3-1)14-15-26-18-8-10-20(11-9-18)27-19-6-4-17(5-7-19)23-24-21-16-22(21)28-23/h4-11,20-22H,1-3,12-16H2. The molecule has 2 aliphatic heterocycles. The monoisotopic (exact) mass is 379 g/mol. The van der Waals surface area contributed by atoms with Crippen molar-refractivity contribution in [2.45, 2.75) is 43.9 Å². The number of piperidine rings is 1. The zero-order valence-electron chi connectivity index (χ0n) is 16.1. The van der Waals surface area contributed by atoms with Gasteiger partial charge in [0.1, 0.15) is 30.3 Å². The minimum Gasteiger partial charge on any atom is -0.493 e. The van der Waals surface area contributed by atoms with E-state index in [0.717, 1.165) is 42.5 Å². The molecule has 5 rings (SSSR count). The van der Waals surface area contributed by atoms with E-state index < -0.39 is 0 Å². The number of hydrogen-bond donors (Lipinski definition) is 0. The van der Waals surface area contributed by atoms with E-state index in [4.69, 9.17) is 14.2 Å². The summed E-state index contributed by atoms with van der Waals surface area (Å²) in [4.78, 5) is 7.04. The van der Waals surface area contributed by atoms with Gasteiger partial charge in [0, 0.05) is 24.9 Å². The van der Waals surface area contributed by atoms with E-state index in [0.29, 0.717) is 12.1 Å². The van der Waals surface area contributed by atoms with E-state index in [1.54, 1.807) is 0 Å². The Morgan fingerprint density at radius 3 is 2.68 bits per heavy atom. The largest absolute Gasteiger partial charge is 0.493 e. The topological polar surface area (TPSA) is 43.3 Å². The van der Waals surface area contributed by atoms with Crippen LogP contribution in [0, 0.1) is 6.42 Å². The van der Waals surface area contributed by atoms with Crippen LogP contribution in [-0.4, -0.2) is 55.3 Å². The molecule has 0 N–H and O–H groups in total. The third kappa shape index (κ3) is 4.25. The number of fused-ring (bicyclic) bond motifs is 1. The van der Waals surface area contributed by atoms with Crippen molar-refractivity contribution < 1.29 is 14.2 Å². The molecule has 0 amide bonds. The number of ether oxygens (including phenoxy) is 3. The first-order valence-corrected chi connectivity index (χ1v) is 10.4. The van der Waals surface area contributed by atoms with Gasteiger partial charge in [-0.2, -0.15) is 0 Å². The maximum absolute atomic E-state index is 6.02. The normalized spacial score (nSPS) is 28.8. The number of rotatable bonds is 7. The Morgan fingerprint density at radius 1 is 1.11 bits per heavy atom. The molecule has 1 saturated carbocycles. The predicted molar refractivity (Wildman–Crippen MR) is 108 cm³/mol. The first-order chi connectivity index (χ1) is 13.8. The smallest absolute Gasteiger partial charge is 0.216 e. The quantitative estimate of drug-likeness (QED) is 0.727. The van der Waals surface area contributed by atoms with Gasteiger partial charge in [-0.3, -0.25) is 4.90 Å². The summed E-state index contributed by atoms with van der Waals surface area (Å²) in [6.45, 7) is 4.16. The van der Waals surface area contributed by atoms with E-state index in [1.807, 2.05) is 48.9 Å². The first-order valence-electron chi connectivity index (χ1n) is 10.4. The Hall–Kier alpha value is -2.27. The van der Waals surface area contributed by atoms with Crippen LogP contribution in [0.1, 0.15) is 31.2 Å². The Balaban J connectivity index is 1.06. The molecule has 1 radical (unpaired) electrons. The van der Waals surface area contributed by atoms with Crippen molar-refractivity contribution in [1.82, 2.24) is 4.90 Å². The van der Waals surface area contributed by atoms with E-state index in [2.05, 4.69) is 9.89 Å². The molecule has 147 valence electrons. The molecule has 0 spiro atoms. The molecule has 1 aromatic carbocycles. The van der Waals surface area contributed by atoms with Gasteiger partial charge in [-0.15, -0.1) is 0 Å². The molecule has 0 aromatic heterocycles. The number of aliphatic imine (C=N–C) groups is 1. The van der Waals surface area contributed by atoms with Crippen LogP contribution in [0.25, 0.3) is 0 Å². The molecule has 3 unspecified atom stereocenters. The Morgan fingerprint density at radius 2 is 1.96 bits per heavy atom. The molecule has 2 fully saturated rings. The van der Waals surface area contributed by atoms with Gasteiger partial charge in [0.25, 0.3) is 0 Å².